The molecule has 1 aliphatic heterocycles. The molecule has 1 fully saturated rings. The molecule has 0 radical (unpaired) electrons. The number of hydrogen-bond acceptors (Lipinski definition) is 4. The minimum Gasteiger partial charge on any atom is -0.496 e. The molecule has 0 aliphatic carbocycles. The molecule has 1 aromatic rings. The summed E-state index contributed by atoms with van der Waals surface area (Å²) in [4.78, 5) is 25.4. The second kappa shape index (κ2) is 6.47. The largest absolute Gasteiger partial charge is 0.496 e. The van der Waals surface area contributed by atoms with E-state index in [4.69, 9.17) is 4.74 Å². The van der Waals surface area contributed by atoms with E-state index in [-0.39, 0.29) is 30.3 Å². The van der Waals surface area contributed by atoms with Crippen molar-refractivity contribution in [2.75, 3.05) is 33.3 Å². The second-order valence-electron chi connectivity index (χ2n) is 4.68. The lowest BCUT2D eigenvalue weighted by Gasteiger charge is -2.18. The van der Waals surface area contributed by atoms with Crippen molar-refractivity contribution in [2.45, 2.75) is 6.42 Å². The van der Waals surface area contributed by atoms with Crippen molar-refractivity contribution in [2.24, 2.45) is 0 Å². The van der Waals surface area contributed by atoms with Gasteiger partial charge in [-0.25, -0.2) is 4.39 Å². The Morgan fingerprint density at radius 3 is 3.05 bits per heavy atom. The van der Waals surface area contributed by atoms with Gasteiger partial charge in [0.25, 0.3) is 0 Å². The van der Waals surface area contributed by atoms with E-state index < -0.39 is 5.82 Å². The number of nitrogens with one attached hydrogen (secondary N) is 1. The van der Waals surface area contributed by atoms with Crippen molar-refractivity contribution < 1.29 is 18.7 Å². The fourth-order valence-electron chi connectivity index (χ4n) is 2.19. The molecule has 20 heavy (non-hydrogen) atoms. The summed E-state index contributed by atoms with van der Waals surface area (Å²) in [5, 5.41) is 2.74. The van der Waals surface area contributed by atoms with Gasteiger partial charge in [-0.3, -0.25) is 14.5 Å². The summed E-state index contributed by atoms with van der Waals surface area (Å²) in [5.74, 6) is -0.490. The van der Waals surface area contributed by atoms with Crippen LogP contribution in [0.25, 0.3) is 0 Å². The standard InChI is InChI=1S/C14H17FN2O3/c1-20-13-4-3-10(15)7-11(13)12(18)8-17-6-2-5-16-14(19)9-17/h3-4,7H,2,5-6,8-9H2,1H3,(H,16,19). The van der Waals surface area contributed by atoms with Gasteiger partial charge in [-0.05, 0) is 24.6 Å². The number of ketones is 1. The first-order valence-corrected chi connectivity index (χ1v) is 6.46. The highest BCUT2D eigenvalue weighted by Crippen LogP contribution is 2.20. The first-order chi connectivity index (χ1) is 9.60. The first kappa shape index (κ1) is 14.5. The molecule has 1 heterocycles. The van der Waals surface area contributed by atoms with Crippen LogP contribution in [0.2, 0.25) is 0 Å². The Morgan fingerprint density at radius 1 is 1.50 bits per heavy atom. The predicted octanol–water partition coefficient (Wildman–Crippen LogP) is 0.839. The molecule has 1 aliphatic rings. The first-order valence-electron chi connectivity index (χ1n) is 6.46. The Bertz CT molecular complexity index is 519. The Kier molecular flexibility index (Phi) is 4.68. The molecular weight excluding hydrogens is 263 g/mol. The maximum atomic E-state index is 13.3. The van der Waals surface area contributed by atoms with Gasteiger partial charge in [-0.15, -0.1) is 0 Å². The SMILES string of the molecule is COc1ccc(F)cc1C(=O)CN1CCCNC(=O)C1. The highest BCUT2D eigenvalue weighted by Gasteiger charge is 2.20. The van der Waals surface area contributed by atoms with Gasteiger partial charge in [0.2, 0.25) is 5.91 Å². The summed E-state index contributed by atoms with van der Waals surface area (Å²) in [6.45, 7) is 1.53. The van der Waals surface area contributed by atoms with Gasteiger partial charge in [-0.1, -0.05) is 0 Å². The molecule has 1 saturated heterocycles. The number of carbonyl (C=O) groups excluding carboxylic acids is 2. The second-order valence-corrected chi connectivity index (χ2v) is 4.68. The minimum absolute atomic E-state index is 0.0766. The van der Waals surface area contributed by atoms with Crippen LogP contribution in [-0.4, -0.2) is 49.9 Å². The highest BCUT2D eigenvalue weighted by atomic mass is 19.1. The topological polar surface area (TPSA) is 58.6 Å². The van der Waals surface area contributed by atoms with E-state index in [1.54, 1.807) is 4.90 Å². The average molecular weight is 280 g/mol. The van der Waals surface area contributed by atoms with Crippen LogP contribution in [0.4, 0.5) is 4.39 Å². The molecule has 1 aromatic carbocycles. The van der Waals surface area contributed by atoms with E-state index in [0.29, 0.717) is 18.8 Å². The van der Waals surface area contributed by atoms with E-state index in [1.165, 1.54) is 25.3 Å². The zero-order chi connectivity index (χ0) is 14.5. The summed E-state index contributed by atoms with van der Waals surface area (Å²) in [5.41, 5.74) is 0.206. The number of hydrogen-bond donors (Lipinski definition) is 1. The number of amides is 1. The molecule has 0 spiro atoms. The number of Topliss-reactive ketones (excluding diaryl/α,β-unsaturated/α-hetero) is 1. The molecule has 1 N–H and O–H groups in total. The predicted molar refractivity (Wildman–Crippen MR) is 71.3 cm³/mol. The number of nitrogens with zero attached hydrogens (tertiary/aromatic N) is 1. The fourth-order valence-corrected chi connectivity index (χ4v) is 2.19. The van der Waals surface area contributed by atoms with Crippen molar-refractivity contribution in [1.82, 2.24) is 10.2 Å². The minimum atomic E-state index is -0.484. The van der Waals surface area contributed by atoms with Gasteiger partial charge in [0.1, 0.15) is 11.6 Å². The molecule has 0 saturated carbocycles. The van der Waals surface area contributed by atoms with Gasteiger partial charge < -0.3 is 10.1 Å². The molecule has 0 unspecified atom stereocenters. The number of carbonyl (C=O) groups is 2. The lowest BCUT2D eigenvalue weighted by Crippen LogP contribution is -2.36. The quantitative estimate of drug-likeness (QED) is 0.830. The van der Waals surface area contributed by atoms with Crippen molar-refractivity contribution in [3.63, 3.8) is 0 Å². The molecule has 2 rings (SSSR count). The Hall–Kier alpha value is -1.95. The van der Waals surface area contributed by atoms with Crippen molar-refractivity contribution >= 4 is 11.7 Å². The summed E-state index contributed by atoms with van der Waals surface area (Å²) >= 11 is 0. The van der Waals surface area contributed by atoms with Crippen LogP contribution in [-0.2, 0) is 4.79 Å². The van der Waals surface area contributed by atoms with E-state index in [9.17, 15) is 14.0 Å². The lowest BCUT2D eigenvalue weighted by atomic mass is 10.1. The van der Waals surface area contributed by atoms with Crippen LogP contribution in [0.15, 0.2) is 18.2 Å². The lowest BCUT2D eigenvalue weighted by molar-refractivity contribution is -0.121. The molecule has 1 amide bonds. The van der Waals surface area contributed by atoms with Gasteiger partial charge in [0, 0.05) is 13.1 Å². The molecule has 108 valence electrons. The summed E-state index contributed by atoms with van der Waals surface area (Å²) in [7, 11) is 1.43. The number of benzene rings is 1. The van der Waals surface area contributed by atoms with E-state index >= 15 is 0 Å². The van der Waals surface area contributed by atoms with E-state index in [2.05, 4.69) is 5.32 Å². The normalized spacial score (nSPS) is 16.4. The maximum Gasteiger partial charge on any atom is 0.234 e. The van der Waals surface area contributed by atoms with Crippen LogP contribution in [0.1, 0.15) is 16.8 Å². The highest BCUT2D eigenvalue weighted by molar-refractivity contribution is 6.00. The average Bonchev–Trinajstić information content (AvgIpc) is 2.63. The van der Waals surface area contributed by atoms with Crippen LogP contribution in [0.3, 0.4) is 0 Å². The molecule has 0 aromatic heterocycles. The van der Waals surface area contributed by atoms with Crippen molar-refractivity contribution in [1.29, 1.82) is 0 Å². The third-order valence-electron chi connectivity index (χ3n) is 3.17. The number of methoxy groups -OCH3 is 1. The zero-order valence-electron chi connectivity index (χ0n) is 11.3. The molecule has 5 nitrogen and oxygen atoms in total. The number of rotatable bonds is 4. The maximum absolute atomic E-state index is 13.3. The van der Waals surface area contributed by atoms with Crippen LogP contribution in [0, 0.1) is 5.82 Å². The van der Waals surface area contributed by atoms with Gasteiger partial charge in [0.15, 0.2) is 5.78 Å². The Labute approximate surface area is 116 Å². The van der Waals surface area contributed by atoms with Crippen molar-refractivity contribution in [3.05, 3.63) is 29.6 Å². The number of ether oxygens (including phenoxy) is 1. The summed E-state index contributed by atoms with van der Waals surface area (Å²) in [6.07, 6.45) is 0.791. The Morgan fingerprint density at radius 2 is 2.30 bits per heavy atom. The third kappa shape index (κ3) is 3.54. The Balaban J connectivity index is 2.11. The van der Waals surface area contributed by atoms with Gasteiger partial charge in [0.05, 0.1) is 25.8 Å². The molecular formula is C14H17FN2O3. The van der Waals surface area contributed by atoms with Crippen LogP contribution >= 0.6 is 0 Å². The fraction of sp³-hybridized carbons (Fsp3) is 0.429. The molecule has 6 heteroatoms. The molecule has 0 atom stereocenters. The monoisotopic (exact) mass is 280 g/mol. The van der Waals surface area contributed by atoms with Gasteiger partial charge in [-0.2, -0.15) is 0 Å². The van der Waals surface area contributed by atoms with Gasteiger partial charge >= 0.3 is 0 Å². The molecule has 0 bridgehead atoms. The summed E-state index contributed by atoms with van der Waals surface area (Å²) in [6, 6.07) is 3.84. The zero-order valence-corrected chi connectivity index (χ0v) is 11.3. The third-order valence-corrected chi connectivity index (χ3v) is 3.17. The summed E-state index contributed by atoms with van der Waals surface area (Å²) < 4.78 is 18.3. The van der Waals surface area contributed by atoms with Crippen LogP contribution in [0.5, 0.6) is 5.75 Å². The van der Waals surface area contributed by atoms with E-state index in [0.717, 1.165) is 6.42 Å². The smallest absolute Gasteiger partial charge is 0.234 e. The van der Waals surface area contributed by atoms with Crippen molar-refractivity contribution in [3.8, 4) is 5.75 Å². The van der Waals surface area contributed by atoms with Crippen LogP contribution < -0.4 is 10.1 Å². The number of halogens is 1. The van der Waals surface area contributed by atoms with E-state index in [1.807, 2.05) is 0 Å².